The topological polar surface area (TPSA) is 58.1 Å². The molecule has 1 saturated heterocycles. The number of likely N-dealkylation sites (tertiary alicyclic amines) is 1. The van der Waals surface area contributed by atoms with Gasteiger partial charge in [-0.05, 0) is 49.9 Å². The molecular weight excluding hydrogens is 455 g/mol. The molecule has 2 atom stereocenters. The second-order valence-electron chi connectivity index (χ2n) is 7.20. The summed E-state index contributed by atoms with van der Waals surface area (Å²) in [5.74, 6) is 3.19. The number of methoxy groups -OCH3 is 2. The fourth-order valence-electron chi connectivity index (χ4n) is 3.38. The maximum atomic E-state index is 5.45. The van der Waals surface area contributed by atoms with E-state index in [0.717, 1.165) is 49.1 Å². The predicted molar refractivity (Wildman–Crippen MR) is 123 cm³/mol. The van der Waals surface area contributed by atoms with Crippen LogP contribution in [0.1, 0.15) is 26.3 Å². The Hall–Kier alpha value is -1.22. The Morgan fingerprint density at radius 2 is 2.00 bits per heavy atom. The summed E-state index contributed by atoms with van der Waals surface area (Å²) in [6.45, 7) is 9.77. The number of nitrogens with zero attached hydrogens (tertiary/aromatic N) is 2. The molecule has 1 heterocycles. The summed E-state index contributed by atoms with van der Waals surface area (Å²) >= 11 is 0. The average molecular weight is 490 g/mol. The Morgan fingerprint density at radius 1 is 1.26 bits per heavy atom. The van der Waals surface area contributed by atoms with Crippen molar-refractivity contribution in [2.45, 2.75) is 39.3 Å². The van der Waals surface area contributed by atoms with E-state index in [1.165, 1.54) is 0 Å². The minimum Gasteiger partial charge on any atom is -0.497 e. The van der Waals surface area contributed by atoms with Crippen molar-refractivity contribution in [1.82, 2.24) is 15.5 Å². The van der Waals surface area contributed by atoms with Gasteiger partial charge in [-0.2, -0.15) is 0 Å². The number of hydrogen-bond donors (Lipinski definition) is 2. The molecule has 2 N–H and O–H groups in total. The van der Waals surface area contributed by atoms with E-state index in [4.69, 9.17) is 9.47 Å². The summed E-state index contributed by atoms with van der Waals surface area (Å²) in [7, 11) is 5.20. The lowest BCUT2D eigenvalue weighted by Crippen LogP contribution is -2.47. The third-order valence-corrected chi connectivity index (χ3v) is 5.09. The fourth-order valence-corrected chi connectivity index (χ4v) is 3.38. The number of ether oxygens (including phenoxy) is 2. The Balaban J connectivity index is 0.00000364. The SMILES string of the molecule is CN=C(NCCc1cc(OC)ccc1OC)NC1CN(C(C)C)CC1C.I. The molecule has 1 aromatic rings. The standard InChI is InChI=1S/C20H34N4O2.HI/c1-14(2)24-12-15(3)18(13-24)23-20(21-4)22-10-9-16-11-17(25-5)7-8-19(16)26-6;/h7-8,11,14-15,18H,9-10,12-13H2,1-6H3,(H2,21,22,23);1H. The van der Waals surface area contributed by atoms with E-state index in [2.05, 4.69) is 41.3 Å². The van der Waals surface area contributed by atoms with Crippen LogP contribution >= 0.6 is 24.0 Å². The predicted octanol–water partition coefficient (Wildman–Crippen LogP) is 2.76. The molecule has 1 aliphatic rings. The highest BCUT2D eigenvalue weighted by molar-refractivity contribution is 14.0. The molecular formula is C20H35IN4O2. The van der Waals surface area contributed by atoms with Crippen LogP contribution in [0.15, 0.2) is 23.2 Å². The zero-order chi connectivity index (χ0) is 19.1. The van der Waals surface area contributed by atoms with Crippen molar-refractivity contribution >= 4 is 29.9 Å². The van der Waals surface area contributed by atoms with Gasteiger partial charge >= 0.3 is 0 Å². The second kappa shape index (κ2) is 11.6. The van der Waals surface area contributed by atoms with Gasteiger partial charge in [0.05, 0.1) is 14.2 Å². The summed E-state index contributed by atoms with van der Waals surface area (Å²) in [4.78, 5) is 6.89. The van der Waals surface area contributed by atoms with Gasteiger partial charge in [-0.25, -0.2) is 0 Å². The van der Waals surface area contributed by atoms with Gasteiger partial charge < -0.3 is 20.1 Å². The summed E-state index contributed by atoms with van der Waals surface area (Å²) in [6, 6.07) is 6.89. The van der Waals surface area contributed by atoms with Crippen LogP contribution in [0.4, 0.5) is 0 Å². The molecule has 1 fully saturated rings. The quantitative estimate of drug-likeness (QED) is 0.350. The molecule has 0 bridgehead atoms. The van der Waals surface area contributed by atoms with Gasteiger partial charge in [0, 0.05) is 38.8 Å². The maximum Gasteiger partial charge on any atom is 0.191 e. The van der Waals surface area contributed by atoms with Crippen LogP contribution in [-0.2, 0) is 6.42 Å². The first-order valence-corrected chi connectivity index (χ1v) is 9.40. The molecule has 2 unspecified atom stereocenters. The van der Waals surface area contributed by atoms with Crippen LogP contribution in [0.3, 0.4) is 0 Å². The molecule has 6 nitrogen and oxygen atoms in total. The van der Waals surface area contributed by atoms with E-state index < -0.39 is 0 Å². The first-order chi connectivity index (χ1) is 12.5. The van der Waals surface area contributed by atoms with Gasteiger partial charge in [-0.1, -0.05) is 6.92 Å². The maximum absolute atomic E-state index is 5.45. The number of guanidine groups is 1. The van der Waals surface area contributed by atoms with E-state index in [9.17, 15) is 0 Å². The van der Waals surface area contributed by atoms with Gasteiger partial charge in [0.2, 0.25) is 0 Å². The number of aliphatic imine (C=N–C) groups is 1. The van der Waals surface area contributed by atoms with E-state index in [-0.39, 0.29) is 24.0 Å². The smallest absolute Gasteiger partial charge is 0.191 e. The zero-order valence-electron chi connectivity index (χ0n) is 17.4. The number of rotatable bonds is 7. The van der Waals surface area contributed by atoms with Crippen LogP contribution in [0.5, 0.6) is 11.5 Å². The van der Waals surface area contributed by atoms with E-state index in [1.54, 1.807) is 14.2 Å². The fraction of sp³-hybridized carbons (Fsp3) is 0.650. The Labute approximate surface area is 181 Å². The first-order valence-electron chi connectivity index (χ1n) is 9.40. The van der Waals surface area contributed by atoms with Crippen LogP contribution < -0.4 is 20.1 Å². The van der Waals surface area contributed by atoms with Gasteiger partial charge in [-0.3, -0.25) is 9.89 Å². The highest BCUT2D eigenvalue weighted by Gasteiger charge is 2.31. The van der Waals surface area contributed by atoms with Crippen molar-refractivity contribution in [3.63, 3.8) is 0 Å². The van der Waals surface area contributed by atoms with Crippen molar-refractivity contribution in [3.8, 4) is 11.5 Å². The van der Waals surface area contributed by atoms with Crippen LogP contribution in [0.2, 0.25) is 0 Å². The van der Waals surface area contributed by atoms with E-state index in [0.29, 0.717) is 18.0 Å². The second-order valence-corrected chi connectivity index (χ2v) is 7.20. The van der Waals surface area contributed by atoms with Crippen molar-refractivity contribution in [2.75, 3.05) is 40.9 Å². The Bertz CT molecular complexity index is 610. The molecule has 154 valence electrons. The minimum absolute atomic E-state index is 0. The van der Waals surface area contributed by atoms with Gasteiger partial charge in [0.25, 0.3) is 0 Å². The number of nitrogens with one attached hydrogen (secondary N) is 2. The van der Waals surface area contributed by atoms with Crippen molar-refractivity contribution in [1.29, 1.82) is 0 Å². The molecule has 0 aliphatic carbocycles. The molecule has 1 aliphatic heterocycles. The Morgan fingerprint density at radius 3 is 2.56 bits per heavy atom. The van der Waals surface area contributed by atoms with Crippen LogP contribution in [-0.4, -0.2) is 63.8 Å². The van der Waals surface area contributed by atoms with Gasteiger partial charge in [0.15, 0.2) is 5.96 Å². The lowest BCUT2D eigenvalue weighted by atomic mass is 10.1. The molecule has 0 spiro atoms. The van der Waals surface area contributed by atoms with E-state index >= 15 is 0 Å². The van der Waals surface area contributed by atoms with Crippen LogP contribution in [0.25, 0.3) is 0 Å². The minimum atomic E-state index is 0. The lowest BCUT2D eigenvalue weighted by Gasteiger charge is -2.22. The first kappa shape index (κ1) is 23.8. The molecule has 0 saturated carbocycles. The highest BCUT2D eigenvalue weighted by atomic mass is 127. The van der Waals surface area contributed by atoms with Gasteiger partial charge in [-0.15, -0.1) is 24.0 Å². The largest absolute Gasteiger partial charge is 0.497 e. The van der Waals surface area contributed by atoms with Crippen molar-refractivity contribution in [3.05, 3.63) is 23.8 Å². The zero-order valence-corrected chi connectivity index (χ0v) is 19.7. The molecule has 27 heavy (non-hydrogen) atoms. The molecule has 0 amide bonds. The van der Waals surface area contributed by atoms with E-state index in [1.807, 2.05) is 25.2 Å². The average Bonchev–Trinajstić information content (AvgIpc) is 3.01. The monoisotopic (exact) mass is 490 g/mol. The third-order valence-electron chi connectivity index (χ3n) is 5.09. The summed E-state index contributed by atoms with van der Waals surface area (Å²) in [5.41, 5.74) is 1.12. The summed E-state index contributed by atoms with van der Waals surface area (Å²) in [6.07, 6.45) is 0.833. The van der Waals surface area contributed by atoms with Crippen molar-refractivity contribution in [2.24, 2.45) is 10.9 Å². The molecule has 2 rings (SSSR count). The highest BCUT2D eigenvalue weighted by Crippen LogP contribution is 2.24. The van der Waals surface area contributed by atoms with Gasteiger partial charge in [0.1, 0.15) is 11.5 Å². The van der Waals surface area contributed by atoms with Crippen LogP contribution in [0, 0.1) is 5.92 Å². The molecule has 7 heteroatoms. The molecule has 0 aromatic heterocycles. The molecule has 1 aromatic carbocycles. The third kappa shape index (κ3) is 6.71. The lowest BCUT2D eigenvalue weighted by molar-refractivity contribution is 0.265. The normalized spacial score (nSPS) is 20.3. The summed E-state index contributed by atoms with van der Waals surface area (Å²) < 4.78 is 10.8. The number of benzene rings is 1. The number of halogens is 1. The number of hydrogen-bond acceptors (Lipinski definition) is 4. The van der Waals surface area contributed by atoms with Crippen molar-refractivity contribution < 1.29 is 9.47 Å². The summed E-state index contributed by atoms with van der Waals surface area (Å²) in [5, 5.41) is 7.00. The molecule has 0 radical (unpaired) electrons. The Kier molecular flexibility index (Phi) is 10.2.